The third-order valence-electron chi connectivity index (χ3n) is 11.5. The van der Waals surface area contributed by atoms with Gasteiger partial charge in [-0.15, -0.1) is 0 Å². The van der Waals surface area contributed by atoms with Crippen LogP contribution in [-0.2, 0) is 0 Å². The van der Waals surface area contributed by atoms with Crippen LogP contribution in [0.15, 0.2) is 152 Å². The van der Waals surface area contributed by atoms with Crippen LogP contribution in [0.3, 0.4) is 0 Å². The second-order valence-corrected chi connectivity index (χ2v) is 14.9. The third kappa shape index (κ3) is 5.92. The maximum absolute atomic E-state index is 16.9. The van der Waals surface area contributed by atoms with Crippen LogP contribution in [0.5, 0.6) is 0 Å². The molecule has 0 fully saturated rings. The van der Waals surface area contributed by atoms with Crippen molar-refractivity contribution in [3.8, 4) is 69.0 Å². The molecule has 10 aromatic rings. The first-order chi connectivity index (χ1) is 30.9. The summed E-state index contributed by atoms with van der Waals surface area (Å²) < 4.78 is 21.0. The van der Waals surface area contributed by atoms with Gasteiger partial charge in [0.2, 0.25) is 0 Å². The van der Waals surface area contributed by atoms with Gasteiger partial charge >= 0.3 is 0 Å². The lowest BCUT2D eigenvalue weighted by Gasteiger charge is -2.21. The standard InChI is InChI=1S/C54H25FN8/c1-60-38-15-20-40(47(27-38)61-2)36-14-19-44-42-8-4-6-10-49(42)63(51(44)26-36)53-24-34(30-58)23-52(54(53)45-17-12-33(29-57)22-46(45)55)62-48-9-5-3-7-41(48)43-18-13-35(25-50(43)62)39-16-11-32(28-56)21-37(39)31-59/h3-27H. The summed E-state index contributed by atoms with van der Waals surface area (Å²) in [4.78, 5) is 7.28. The van der Waals surface area contributed by atoms with E-state index in [2.05, 4.69) is 34.0 Å². The fourth-order valence-corrected chi connectivity index (χ4v) is 8.77. The molecule has 2 aromatic heterocycles. The van der Waals surface area contributed by atoms with Crippen LogP contribution < -0.4 is 0 Å². The molecule has 0 aliphatic rings. The predicted octanol–water partition coefficient (Wildman–Crippen LogP) is 13.6. The fraction of sp³-hybridized carbons (Fsp3) is 0. The van der Waals surface area contributed by atoms with Crippen LogP contribution in [0.25, 0.3) is 98.1 Å². The first-order valence-corrected chi connectivity index (χ1v) is 19.6. The molecule has 288 valence electrons. The molecule has 2 heterocycles. The molecule has 0 spiro atoms. The van der Waals surface area contributed by atoms with Crippen molar-refractivity contribution in [2.45, 2.75) is 0 Å². The summed E-state index contributed by atoms with van der Waals surface area (Å²) in [5.41, 5.74) is 9.16. The highest BCUT2D eigenvalue weighted by Gasteiger charge is 2.26. The Bertz CT molecular complexity index is 3690. The lowest BCUT2D eigenvalue weighted by Crippen LogP contribution is -2.06. The molecule has 0 saturated heterocycles. The molecule has 0 bridgehead atoms. The van der Waals surface area contributed by atoms with Gasteiger partial charge in [-0.25, -0.2) is 14.1 Å². The van der Waals surface area contributed by atoms with Crippen LogP contribution in [0, 0.1) is 64.3 Å². The average Bonchev–Trinajstić information content (AvgIpc) is 3.85. The van der Waals surface area contributed by atoms with E-state index in [4.69, 9.17) is 13.1 Å². The number of aromatic nitrogens is 2. The molecule has 0 aliphatic carbocycles. The molecule has 0 aliphatic heterocycles. The van der Waals surface area contributed by atoms with Crippen molar-refractivity contribution in [1.82, 2.24) is 9.13 Å². The van der Waals surface area contributed by atoms with Gasteiger partial charge in [0.25, 0.3) is 0 Å². The van der Waals surface area contributed by atoms with Crippen molar-refractivity contribution in [3.05, 3.63) is 203 Å². The Balaban J connectivity index is 1.36. The zero-order chi connectivity index (χ0) is 43.4. The van der Waals surface area contributed by atoms with Gasteiger partial charge in [-0.1, -0.05) is 84.9 Å². The van der Waals surface area contributed by atoms with Crippen molar-refractivity contribution < 1.29 is 4.39 Å². The largest absolute Gasteiger partial charge is 0.308 e. The van der Waals surface area contributed by atoms with Crippen LogP contribution in [-0.4, -0.2) is 9.13 Å². The zero-order valence-corrected chi connectivity index (χ0v) is 32.9. The second-order valence-electron chi connectivity index (χ2n) is 14.9. The Hall–Kier alpha value is -9.77. The molecule has 9 heteroatoms. The summed E-state index contributed by atoms with van der Waals surface area (Å²) in [6, 6.07) is 54.2. The molecule has 0 radical (unpaired) electrons. The number of hydrogen-bond donors (Lipinski definition) is 0. The lowest BCUT2D eigenvalue weighted by atomic mass is 9.96. The normalized spacial score (nSPS) is 10.8. The molecule has 0 unspecified atom stereocenters. The molecule has 0 N–H and O–H groups in total. The van der Waals surface area contributed by atoms with E-state index in [1.54, 1.807) is 60.7 Å². The topological polar surface area (TPSA) is 114 Å². The van der Waals surface area contributed by atoms with Crippen molar-refractivity contribution in [3.63, 3.8) is 0 Å². The van der Waals surface area contributed by atoms with E-state index in [1.807, 2.05) is 94.1 Å². The number of para-hydroxylation sites is 2. The highest BCUT2D eigenvalue weighted by molar-refractivity contribution is 6.13. The number of rotatable bonds is 5. The van der Waals surface area contributed by atoms with E-state index < -0.39 is 5.82 Å². The van der Waals surface area contributed by atoms with Gasteiger partial charge in [0.1, 0.15) is 5.82 Å². The minimum Gasteiger partial charge on any atom is -0.308 e. The quantitative estimate of drug-likeness (QED) is 0.161. The number of fused-ring (bicyclic) bond motifs is 6. The van der Waals surface area contributed by atoms with E-state index >= 15 is 4.39 Å². The van der Waals surface area contributed by atoms with E-state index in [0.717, 1.165) is 49.2 Å². The Kier molecular flexibility index (Phi) is 8.81. The Labute approximate surface area is 359 Å². The monoisotopic (exact) mass is 804 g/mol. The smallest absolute Gasteiger partial charge is 0.184 e. The van der Waals surface area contributed by atoms with E-state index in [-0.39, 0.29) is 11.1 Å². The molecule has 0 saturated carbocycles. The minimum absolute atomic E-state index is 0.145. The first kappa shape index (κ1) is 37.5. The van der Waals surface area contributed by atoms with Gasteiger partial charge in [0.05, 0.1) is 93.1 Å². The van der Waals surface area contributed by atoms with Gasteiger partial charge in [0, 0.05) is 32.7 Å². The number of nitriles is 4. The summed E-state index contributed by atoms with van der Waals surface area (Å²) in [6.45, 7) is 15.5. The number of benzene rings is 8. The summed E-state index contributed by atoms with van der Waals surface area (Å²) >= 11 is 0. The van der Waals surface area contributed by atoms with Crippen molar-refractivity contribution in [2.75, 3.05) is 0 Å². The molecular weight excluding hydrogens is 780 g/mol. The zero-order valence-electron chi connectivity index (χ0n) is 32.9. The Morgan fingerprint density at radius 1 is 0.444 bits per heavy atom. The van der Waals surface area contributed by atoms with Gasteiger partial charge in [-0.3, -0.25) is 0 Å². The fourth-order valence-electron chi connectivity index (χ4n) is 8.77. The molecule has 0 amide bonds. The Morgan fingerprint density at radius 3 is 1.51 bits per heavy atom. The SMILES string of the molecule is [C-]#[N+]c1ccc(-c2ccc3c4ccccc4n(-c4cc(C#N)cc(-n5c6ccccc6c6ccc(-c7ccc(C#N)cc7C#N)cc65)c4-c4ccc(C#N)cc4F)c3c2)c([N+]#[C-])c1. The van der Waals surface area contributed by atoms with Crippen molar-refractivity contribution >= 4 is 55.0 Å². The van der Waals surface area contributed by atoms with Gasteiger partial charge in [-0.2, -0.15) is 21.0 Å². The van der Waals surface area contributed by atoms with E-state index in [0.29, 0.717) is 61.7 Å². The summed E-state index contributed by atoms with van der Waals surface area (Å²) in [6.07, 6.45) is 0. The minimum atomic E-state index is -0.637. The highest BCUT2D eigenvalue weighted by Crippen LogP contribution is 2.45. The maximum Gasteiger partial charge on any atom is 0.184 e. The van der Waals surface area contributed by atoms with Crippen LogP contribution >= 0.6 is 0 Å². The number of nitrogens with zero attached hydrogens (tertiary/aromatic N) is 8. The summed E-state index contributed by atoms with van der Waals surface area (Å²) in [5, 5.41) is 43.9. The first-order valence-electron chi connectivity index (χ1n) is 19.6. The predicted molar refractivity (Wildman–Crippen MR) is 243 cm³/mol. The molecule has 8 nitrogen and oxygen atoms in total. The van der Waals surface area contributed by atoms with Crippen LogP contribution in [0.2, 0.25) is 0 Å². The van der Waals surface area contributed by atoms with Crippen LogP contribution in [0.1, 0.15) is 22.3 Å². The molecule has 8 aromatic carbocycles. The average molecular weight is 805 g/mol. The molecule has 10 rings (SSSR count). The molecule has 0 atom stereocenters. The van der Waals surface area contributed by atoms with Crippen LogP contribution in [0.4, 0.5) is 15.8 Å². The van der Waals surface area contributed by atoms with Gasteiger partial charge in [-0.05, 0) is 89.0 Å². The van der Waals surface area contributed by atoms with Gasteiger partial charge < -0.3 is 9.13 Å². The number of hydrogen-bond acceptors (Lipinski definition) is 4. The van der Waals surface area contributed by atoms with Crippen molar-refractivity contribution in [2.24, 2.45) is 0 Å². The van der Waals surface area contributed by atoms with Crippen molar-refractivity contribution in [1.29, 1.82) is 21.0 Å². The summed E-state index contributed by atoms with van der Waals surface area (Å²) in [7, 11) is 0. The highest BCUT2D eigenvalue weighted by atomic mass is 19.1. The number of halogens is 1. The van der Waals surface area contributed by atoms with Gasteiger partial charge in [0.15, 0.2) is 11.4 Å². The molecular formula is C54H25FN8. The third-order valence-corrected chi connectivity index (χ3v) is 11.5. The maximum atomic E-state index is 16.9. The molecule has 63 heavy (non-hydrogen) atoms. The van der Waals surface area contributed by atoms with E-state index in [1.165, 1.54) is 6.07 Å². The van der Waals surface area contributed by atoms with E-state index in [9.17, 15) is 21.0 Å². The Morgan fingerprint density at radius 2 is 0.968 bits per heavy atom. The summed E-state index contributed by atoms with van der Waals surface area (Å²) in [5.74, 6) is -0.637. The lowest BCUT2D eigenvalue weighted by molar-refractivity contribution is 0.630. The second kappa shape index (κ2) is 14.8.